The quantitative estimate of drug-likeness (QED) is 0.441. The molecule has 0 heterocycles. The molecule has 8 heteroatoms. The van der Waals surface area contributed by atoms with E-state index in [1.807, 2.05) is 59.1 Å². The molecular formula is C27H43N3O4S. The molecule has 0 spiro atoms. The van der Waals surface area contributed by atoms with Crippen LogP contribution in [0.25, 0.3) is 0 Å². The van der Waals surface area contributed by atoms with Gasteiger partial charge in [0.05, 0.1) is 0 Å². The third-order valence-corrected chi connectivity index (χ3v) is 5.64. The van der Waals surface area contributed by atoms with Gasteiger partial charge in [-0.2, -0.15) is 11.8 Å². The Labute approximate surface area is 215 Å². The molecule has 0 aliphatic heterocycles. The molecule has 0 aromatic heterocycles. The van der Waals surface area contributed by atoms with Crippen molar-refractivity contribution in [2.24, 2.45) is 0 Å². The zero-order valence-electron chi connectivity index (χ0n) is 22.8. The van der Waals surface area contributed by atoms with Gasteiger partial charge in [-0.15, -0.1) is 6.58 Å². The van der Waals surface area contributed by atoms with E-state index < -0.39 is 29.3 Å². The van der Waals surface area contributed by atoms with Gasteiger partial charge in [0.25, 0.3) is 0 Å². The lowest BCUT2D eigenvalue weighted by atomic mass is 9.95. The van der Waals surface area contributed by atoms with Crippen LogP contribution in [0, 0.1) is 13.8 Å². The van der Waals surface area contributed by atoms with Gasteiger partial charge in [0.15, 0.2) is 0 Å². The van der Waals surface area contributed by atoms with E-state index >= 15 is 0 Å². The predicted octanol–water partition coefficient (Wildman–Crippen LogP) is 4.92. The molecule has 2 unspecified atom stereocenters. The van der Waals surface area contributed by atoms with Crippen LogP contribution in [0.2, 0.25) is 0 Å². The summed E-state index contributed by atoms with van der Waals surface area (Å²) in [6.45, 7) is 18.8. The van der Waals surface area contributed by atoms with Crippen LogP contribution in [0.4, 0.5) is 4.79 Å². The molecule has 0 radical (unpaired) electrons. The summed E-state index contributed by atoms with van der Waals surface area (Å²) in [7, 11) is 0. The minimum absolute atomic E-state index is 0.139. The van der Waals surface area contributed by atoms with E-state index in [1.165, 1.54) is 4.90 Å². The highest BCUT2D eigenvalue weighted by Crippen LogP contribution is 2.28. The molecule has 3 amide bonds. The fraction of sp³-hybridized carbons (Fsp3) is 0.593. The Morgan fingerprint density at radius 2 is 1.77 bits per heavy atom. The second-order valence-electron chi connectivity index (χ2n) is 10.8. The fourth-order valence-electron chi connectivity index (χ4n) is 3.55. The Morgan fingerprint density at radius 1 is 1.14 bits per heavy atom. The molecule has 0 saturated carbocycles. The number of aryl methyl sites for hydroxylation is 2. The van der Waals surface area contributed by atoms with Crippen molar-refractivity contribution in [3.8, 4) is 0 Å². The van der Waals surface area contributed by atoms with E-state index in [4.69, 9.17) is 4.74 Å². The smallest absolute Gasteiger partial charge is 0.408 e. The number of alkyl carbamates (subject to hydrolysis) is 1. The average Bonchev–Trinajstić information content (AvgIpc) is 2.70. The van der Waals surface area contributed by atoms with E-state index in [0.29, 0.717) is 12.2 Å². The Balaban J connectivity index is 3.53. The maximum absolute atomic E-state index is 13.9. The predicted molar refractivity (Wildman–Crippen MR) is 145 cm³/mol. The number of ether oxygens (including phenoxy) is 1. The molecule has 2 N–H and O–H groups in total. The highest BCUT2D eigenvalue weighted by atomic mass is 32.2. The molecule has 1 rings (SSSR count). The summed E-state index contributed by atoms with van der Waals surface area (Å²) in [6.07, 6.45) is 3.26. The molecule has 1 aromatic carbocycles. The number of hydrogen-bond acceptors (Lipinski definition) is 5. The third-order valence-electron chi connectivity index (χ3n) is 5.00. The van der Waals surface area contributed by atoms with Crippen LogP contribution in [0.5, 0.6) is 0 Å². The van der Waals surface area contributed by atoms with Crippen LogP contribution < -0.4 is 10.6 Å². The Hall–Kier alpha value is -2.48. The van der Waals surface area contributed by atoms with Gasteiger partial charge in [-0.25, -0.2) is 4.79 Å². The van der Waals surface area contributed by atoms with Crippen LogP contribution in [0.3, 0.4) is 0 Å². The highest BCUT2D eigenvalue weighted by molar-refractivity contribution is 7.98. The molecule has 0 saturated heterocycles. The van der Waals surface area contributed by atoms with Gasteiger partial charge in [-0.05, 0) is 84.9 Å². The number of nitrogens with one attached hydrogen (secondary N) is 2. The molecule has 0 aliphatic carbocycles. The molecule has 1 aromatic rings. The standard InChI is InChI=1S/C27H43N3O4S/c1-11-15-30(24(32)21(14-16-35-10)28-25(33)34-27(7,8)9)22(23(31)29-26(4,5)6)20-17-18(2)12-13-19(20)3/h11-13,17,21-22H,1,14-16H2,2-10H3,(H,28,33)(H,29,31). The summed E-state index contributed by atoms with van der Waals surface area (Å²) in [5.41, 5.74) is 1.42. The maximum atomic E-state index is 13.9. The fourth-order valence-corrected chi connectivity index (χ4v) is 4.02. The van der Waals surface area contributed by atoms with E-state index in [1.54, 1.807) is 38.6 Å². The normalized spacial score (nSPS) is 13.4. The number of thioether (sulfide) groups is 1. The van der Waals surface area contributed by atoms with E-state index in [9.17, 15) is 14.4 Å². The minimum Gasteiger partial charge on any atom is -0.444 e. The second kappa shape index (κ2) is 13.0. The van der Waals surface area contributed by atoms with Crippen molar-refractivity contribution in [1.29, 1.82) is 0 Å². The summed E-state index contributed by atoms with van der Waals surface area (Å²) in [4.78, 5) is 41.6. The number of benzene rings is 1. The van der Waals surface area contributed by atoms with E-state index in [-0.39, 0.29) is 18.4 Å². The van der Waals surface area contributed by atoms with Gasteiger partial charge in [0.2, 0.25) is 11.8 Å². The average molecular weight is 506 g/mol. The lowest BCUT2D eigenvalue weighted by Gasteiger charge is -2.36. The monoisotopic (exact) mass is 505 g/mol. The zero-order valence-corrected chi connectivity index (χ0v) is 23.6. The van der Waals surface area contributed by atoms with E-state index in [2.05, 4.69) is 17.2 Å². The maximum Gasteiger partial charge on any atom is 0.408 e. The van der Waals surface area contributed by atoms with Crippen LogP contribution in [-0.4, -0.2) is 58.5 Å². The Bertz CT molecular complexity index is 903. The lowest BCUT2D eigenvalue weighted by molar-refractivity contribution is -0.142. The lowest BCUT2D eigenvalue weighted by Crippen LogP contribution is -2.55. The largest absolute Gasteiger partial charge is 0.444 e. The van der Waals surface area contributed by atoms with E-state index in [0.717, 1.165) is 16.7 Å². The van der Waals surface area contributed by atoms with Crippen molar-refractivity contribution >= 4 is 29.7 Å². The summed E-state index contributed by atoms with van der Waals surface area (Å²) >= 11 is 1.57. The van der Waals surface area contributed by atoms with Crippen LogP contribution >= 0.6 is 11.8 Å². The van der Waals surface area contributed by atoms with Crippen molar-refractivity contribution in [2.45, 2.75) is 85.0 Å². The molecular weight excluding hydrogens is 462 g/mol. The van der Waals surface area contributed by atoms with Crippen molar-refractivity contribution in [3.05, 3.63) is 47.5 Å². The van der Waals surface area contributed by atoms with Gasteiger partial charge >= 0.3 is 6.09 Å². The first-order valence-electron chi connectivity index (χ1n) is 11.9. The number of carbonyl (C=O) groups is 3. The zero-order chi connectivity index (χ0) is 27.0. The van der Waals surface area contributed by atoms with Crippen molar-refractivity contribution < 1.29 is 19.1 Å². The molecule has 0 bridgehead atoms. The summed E-state index contributed by atoms with van der Waals surface area (Å²) < 4.78 is 5.40. The van der Waals surface area contributed by atoms with Crippen LogP contribution in [0.15, 0.2) is 30.9 Å². The molecule has 196 valence electrons. The molecule has 0 aliphatic rings. The molecule has 35 heavy (non-hydrogen) atoms. The third kappa shape index (κ3) is 10.3. The topological polar surface area (TPSA) is 87.7 Å². The second-order valence-corrected chi connectivity index (χ2v) is 11.7. The molecule has 0 fully saturated rings. The SMILES string of the molecule is C=CCN(C(=O)C(CCSC)NC(=O)OC(C)(C)C)C(C(=O)NC(C)(C)C)c1cc(C)ccc1C. The minimum atomic E-state index is -0.892. The Kier molecular flexibility index (Phi) is 11.3. The first-order valence-corrected chi connectivity index (χ1v) is 13.3. The number of carbonyl (C=O) groups excluding carboxylic acids is 3. The molecule has 2 atom stereocenters. The summed E-state index contributed by atoms with van der Waals surface area (Å²) in [5.74, 6) is -0.00160. The number of nitrogens with zero attached hydrogens (tertiary/aromatic N) is 1. The number of hydrogen-bond donors (Lipinski definition) is 2. The van der Waals surface area contributed by atoms with Crippen molar-refractivity contribution in [2.75, 3.05) is 18.6 Å². The number of rotatable bonds is 10. The van der Waals surface area contributed by atoms with Gasteiger partial charge in [-0.1, -0.05) is 29.8 Å². The van der Waals surface area contributed by atoms with Gasteiger partial charge < -0.3 is 20.3 Å². The Morgan fingerprint density at radius 3 is 2.29 bits per heavy atom. The van der Waals surface area contributed by atoms with Crippen LogP contribution in [0.1, 0.15) is 70.7 Å². The van der Waals surface area contributed by atoms with Gasteiger partial charge in [0, 0.05) is 12.1 Å². The van der Waals surface area contributed by atoms with Crippen LogP contribution in [-0.2, 0) is 14.3 Å². The summed E-state index contributed by atoms with van der Waals surface area (Å²) in [5, 5.41) is 5.76. The van der Waals surface area contributed by atoms with Crippen molar-refractivity contribution in [3.63, 3.8) is 0 Å². The van der Waals surface area contributed by atoms with Gasteiger partial charge in [-0.3, -0.25) is 9.59 Å². The first kappa shape index (κ1) is 30.6. The number of amides is 3. The van der Waals surface area contributed by atoms with Gasteiger partial charge in [0.1, 0.15) is 17.7 Å². The summed E-state index contributed by atoms with van der Waals surface area (Å²) in [6, 6.07) is 4.11. The first-order chi connectivity index (χ1) is 16.1. The highest BCUT2D eigenvalue weighted by Gasteiger charge is 2.37. The molecule has 7 nitrogen and oxygen atoms in total. The van der Waals surface area contributed by atoms with Crippen molar-refractivity contribution in [1.82, 2.24) is 15.5 Å².